The van der Waals surface area contributed by atoms with Crippen molar-refractivity contribution < 1.29 is 9.59 Å². The molecule has 0 aromatic heterocycles. The highest BCUT2D eigenvalue weighted by molar-refractivity contribution is 7.99. The lowest BCUT2D eigenvalue weighted by Gasteiger charge is -2.22. The first kappa shape index (κ1) is 19.5. The van der Waals surface area contributed by atoms with E-state index in [4.69, 9.17) is 0 Å². The third kappa shape index (κ3) is 5.59. The molecule has 25 heavy (non-hydrogen) atoms. The van der Waals surface area contributed by atoms with Crippen LogP contribution in [0.4, 0.5) is 5.69 Å². The topological polar surface area (TPSA) is 58.2 Å². The number of rotatable bonds is 5. The molecule has 0 aliphatic carbocycles. The van der Waals surface area contributed by atoms with E-state index in [0.717, 1.165) is 18.1 Å². The molecule has 2 aromatic rings. The van der Waals surface area contributed by atoms with Crippen molar-refractivity contribution in [2.75, 3.05) is 23.4 Å². The van der Waals surface area contributed by atoms with Gasteiger partial charge in [0, 0.05) is 47.3 Å². The largest absolute Gasteiger partial charge is 0.326 e. The summed E-state index contributed by atoms with van der Waals surface area (Å²) in [4.78, 5) is 24.7. The number of thioether (sulfide) groups is 1. The Morgan fingerprint density at radius 2 is 1.84 bits per heavy atom. The van der Waals surface area contributed by atoms with Gasteiger partial charge >= 0.3 is 0 Å². The van der Waals surface area contributed by atoms with Gasteiger partial charge < -0.3 is 10.6 Å². The molecule has 0 saturated carbocycles. The van der Waals surface area contributed by atoms with E-state index in [9.17, 15) is 9.59 Å². The number of carbonyl (C=O) groups is 2. The summed E-state index contributed by atoms with van der Waals surface area (Å²) in [6.07, 6.45) is 0.448. The van der Waals surface area contributed by atoms with Gasteiger partial charge in [0.05, 0.1) is 0 Å². The number of halogens is 1. The fourth-order valence-electron chi connectivity index (χ4n) is 2.68. The molecule has 2 aromatic carbocycles. The monoisotopic (exact) mass is 376 g/mol. The zero-order chi connectivity index (χ0) is 16.8. The Balaban J connectivity index is 0.00000225. The van der Waals surface area contributed by atoms with Crippen molar-refractivity contribution in [1.82, 2.24) is 5.32 Å². The van der Waals surface area contributed by atoms with E-state index in [1.165, 1.54) is 0 Å². The van der Waals surface area contributed by atoms with Gasteiger partial charge in [-0.05, 0) is 12.1 Å². The summed E-state index contributed by atoms with van der Waals surface area (Å²) in [6.45, 7) is 0.948. The highest BCUT2D eigenvalue weighted by Crippen LogP contribution is 2.16. The fourth-order valence-corrected chi connectivity index (χ4v) is 3.63. The van der Waals surface area contributed by atoms with E-state index in [1.807, 2.05) is 36.0 Å². The minimum Gasteiger partial charge on any atom is -0.326 e. The van der Waals surface area contributed by atoms with Crippen LogP contribution in [-0.2, 0) is 4.79 Å². The second kappa shape index (κ2) is 9.61. The van der Waals surface area contributed by atoms with Gasteiger partial charge in [0.15, 0.2) is 5.78 Å². The Labute approximate surface area is 158 Å². The van der Waals surface area contributed by atoms with Crippen LogP contribution >= 0.6 is 24.2 Å². The molecule has 6 heteroatoms. The average Bonchev–Trinajstić information content (AvgIpc) is 2.63. The van der Waals surface area contributed by atoms with Crippen LogP contribution in [0.5, 0.6) is 0 Å². The molecule has 1 fully saturated rings. The molecule has 2 N–H and O–H groups in total. The average molecular weight is 377 g/mol. The summed E-state index contributed by atoms with van der Waals surface area (Å²) in [7, 11) is 0. The Morgan fingerprint density at radius 3 is 2.56 bits per heavy atom. The van der Waals surface area contributed by atoms with Gasteiger partial charge in [-0.25, -0.2) is 0 Å². The van der Waals surface area contributed by atoms with Gasteiger partial charge in [0.1, 0.15) is 0 Å². The maximum Gasteiger partial charge on any atom is 0.225 e. The van der Waals surface area contributed by atoms with Crippen molar-refractivity contribution in [3.8, 4) is 0 Å². The molecule has 1 aliphatic heterocycles. The van der Waals surface area contributed by atoms with E-state index in [0.29, 0.717) is 23.2 Å². The number of hydrogen-bond donors (Lipinski definition) is 2. The highest BCUT2D eigenvalue weighted by Gasteiger charge is 2.17. The number of anilines is 1. The van der Waals surface area contributed by atoms with Gasteiger partial charge in [-0.3, -0.25) is 9.59 Å². The molecule has 0 spiro atoms. The van der Waals surface area contributed by atoms with Gasteiger partial charge in [-0.1, -0.05) is 42.5 Å². The van der Waals surface area contributed by atoms with Crippen molar-refractivity contribution in [2.45, 2.75) is 12.5 Å². The van der Waals surface area contributed by atoms with Crippen molar-refractivity contribution in [2.24, 2.45) is 0 Å². The molecule has 1 amide bonds. The smallest absolute Gasteiger partial charge is 0.225 e. The van der Waals surface area contributed by atoms with Crippen LogP contribution in [0.1, 0.15) is 22.3 Å². The van der Waals surface area contributed by atoms with Crippen LogP contribution in [0.15, 0.2) is 54.6 Å². The second-order valence-corrected chi connectivity index (χ2v) is 6.90. The zero-order valence-electron chi connectivity index (χ0n) is 13.7. The lowest BCUT2D eigenvalue weighted by molar-refractivity contribution is -0.116. The van der Waals surface area contributed by atoms with Crippen LogP contribution in [-0.4, -0.2) is 35.8 Å². The molecule has 1 unspecified atom stereocenters. The van der Waals surface area contributed by atoms with Crippen molar-refractivity contribution in [3.05, 3.63) is 65.7 Å². The molecule has 1 aliphatic rings. The molecule has 0 bridgehead atoms. The molecular weight excluding hydrogens is 356 g/mol. The molecule has 4 nitrogen and oxygen atoms in total. The van der Waals surface area contributed by atoms with E-state index < -0.39 is 0 Å². The first-order valence-electron chi connectivity index (χ1n) is 8.03. The minimum atomic E-state index is -0.0444. The van der Waals surface area contributed by atoms with Gasteiger partial charge in [-0.2, -0.15) is 11.8 Å². The molecule has 3 rings (SSSR count). The van der Waals surface area contributed by atoms with E-state index in [1.54, 1.807) is 30.3 Å². The number of carbonyl (C=O) groups excluding carboxylic acids is 2. The van der Waals surface area contributed by atoms with E-state index >= 15 is 0 Å². The van der Waals surface area contributed by atoms with E-state index in [-0.39, 0.29) is 30.1 Å². The van der Waals surface area contributed by atoms with Gasteiger partial charge in [-0.15, -0.1) is 12.4 Å². The van der Waals surface area contributed by atoms with Crippen LogP contribution < -0.4 is 10.6 Å². The summed E-state index contributed by atoms with van der Waals surface area (Å²) in [5.74, 6) is 1.98. The Kier molecular flexibility index (Phi) is 7.50. The van der Waals surface area contributed by atoms with Crippen molar-refractivity contribution in [1.29, 1.82) is 0 Å². The quantitative estimate of drug-likeness (QED) is 0.785. The molecule has 132 valence electrons. The number of nitrogens with one attached hydrogen (secondary N) is 2. The molecule has 1 atom stereocenters. The number of ketones is 1. The van der Waals surface area contributed by atoms with Crippen LogP contribution in [0.25, 0.3) is 0 Å². The van der Waals surface area contributed by atoms with Crippen LogP contribution in [0.3, 0.4) is 0 Å². The number of benzene rings is 2. The summed E-state index contributed by atoms with van der Waals surface area (Å²) in [5.41, 5.74) is 1.87. The van der Waals surface area contributed by atoms with Gasteiger partial charge in [0.2, 0.25) is 5.91 Å². The molecule has 1 saturated heterocycles. The third-order valence-corrected chi connectivity index (χ3v) is 5.01. The van der Waals surface area contributed by atoms with Crippen molar-refractivity contribution in [3.63, 3.8) is 0 Å². The molecule has 0 radical (unpaired) electrons. The number of amides is 1. The lowest BCUT2D eigenvalue weighted by atomic mass is 10.0. The van der Waals surface area contributed by atoms with Gasteiger partial charge in [0.25, 0.3) is 0 Å². The number of hydrogen-bond acceptors (Lipinski definition) is 4. The van der Waals surface area contributed by atoms with Crippen molar-refractivity contribution >= 4 is 41.5 Å². The maximum absolute atomic E-state index is 12.5. The Bertz CT molecular complexity index is 718. The Morgan fingerprint density at radius 1 is 1.08 bits per heavy atom. The lowest BCUT2D eigenvalue weighted by Crippen LogP contribution is -2.39. The summed E-state index contributed by atoms with van der Waals surface area (Å²) in [5, 5.41) is 6.25. The fraction of sp³-hybridized carbons (Fsp3) is 0.263. The predicted octanol–water partition coefficient (Wildman–Crippen LogP) is 3.37. The molecular formula is C19H21ClN2O2S. The first-order valence-corrected chi connectivity index (χ1v) is 9.18. The normalized spacial score (nSPS) is 16.6. The SMILES string of the molecule is Cl.O=C(CC1CSCCN1)Nc1cccc(C(=O)c2ccccc2)c1. The summed E-state index contributed by atoms with van der Waals surface area (Å²) >= 11 is 1.87. The minimum absolute atomic E-state index is 0. The second-order valence-electron chi connectivity index (χ2n) is 5.75. The zero-order valence-corrected chi connectivity index (χ0v) is 15.4. The summed E-state index contributed by atoms with van der Waals surface area (Å²) < 4.78 is 0. The third-order valence-electron chi connectivity index (χ3n) is 3.87. The Hall–Kier alpha value is -1.82. The standard InChI is InChI=1S/C19H20N2O2S.ClH/c22-18(12-17-13-24-10-9-20-17)21-16-8-4-7-15(11-16)19(23)14-5-2-1-3-6-14;/h1-8,11,17,20H,9-10,12-13H2,(H,21,22);1H. The highest BCUT2D eigenvalue weighted by atomic mass is 35.5. The summed E-state index contributed by atoms with van der Waals surface area (Å²) in [6, 6.07) is 16.5. The van der Waals surface area contributed by atoms with E-state index in [2.05, 4.69) is 10.6 Å². The first-order chi connectivity index (χ1) is 11.7. The van der Waals surface area contributed by atoms with Crippen LogP contribution in [0.2, 0.25) is 0 Å². The molecule has 1 heterocycles. The maximum atomic E-state index is 12.5. The predicted molar refractivity (Wildman–Crippen MR) is 106 cm³/mol. The van der Waals surface area contributed by atoms with Crippen LogP contribution in [0, 0.1) is 0 Å².